The second-order valence-electron chi connectivity index (χ2n) is 0.413. The summed E-state index contributed by atoms with van der Waals surface area (Å²) in [4.78, 5) is 8.25. The molecule has 0 aromatic heterocycles. The molecule has 0 aromatic rings. The van der Waals surface area contributed by atoms with Crippen LogP contribution < -0.4 is 14.0 Å². The highest BCUT2D eigenvalue weighted by Crippen LogP contribution is 1.44. The Hall–Kier alpha value is -0.630. The third kappa shape index (κ3) is 258. The van der Waals surface area contributed by atoms with Gasteiger partial charge in [0.1, 0.15) is 0 Å². The van der Waals surface area contributed by atoms with Crippen molar-refractivity contribution in [3.63, 3.8) is 0 Å². The van der Waals surface area contributed by atoms with E-state index in [4.69, 9.17) is 29.3 Å². The van der Waals surface area contributed by atoms with Crippen molar-refractivity contribution < 1.29 is 29.8 Å². The first-order valence-corrected chi connectivity index (χ1v) is 1.94. The zero-order valence-electron chi connectivity index (χ0n) is 3.27. The highest BCUT2D eigenvalue weighted by molar-refractivity contribution is 4.03. The van der Waals surface area contributed by atoms with Crippen LogP contribution in [0.2, 0.25) is 0 Å². The van der Waals surface area contributed by atoms with E-state index in [0.717, 1.165) is 0 Å². The molecule has 0 rings (SSSR count). The van der Waals surface area contributed by atoms with Crippen LogP contribution in [0.4, 0.5) is 0 Å². The van der Waals surface area contributed by atoms with Crippen molar-refractivity contribution in [2.75, 3.05) is 0 Å². The number of nitrogens with zero attached hydrogens (tertiary/aromatic N) is 1. The monoisotopic (exact) mass is 145 g/mol. The number of halogens is 1. The average Bonchev–Trinajstić information content (AvgIpc) is 1.25. The topological polar surface area (TPSA) is 135 Å². The van der Waals surface area contributed by atoms with Crippen molar-refractivity contribution >= 4 is 0 Å². The second kappa shape index (κ2) is 6.37. The molecule has 0 bridgehead atoms. The lowest BCUT2D eigenvalue weighted by molar-refractivity contribution is -1.73. The largest absolute Gasteiger partial charge is 0.357 e. The van der Waals surface area contributed by atoms with Crippen LogP contribution in [0.1, 0.15) is 0 Å². The molecule has 0 N–H and O–H groups in total. The lowest BCUT2D eigenvalue weighted by Gasteiger charge is -1.89. The van der Waals surface area contributed by atoms with Gasteiger partial charge in [-0.15, -0.1) is 0 Å². The zero-order chi connectivity index (χ0) is 7.15. The Morgan fingerprint density at radius 3 is 1.12 bits per heavy atom. The maximum absolute atomic E-state index is 8.41. The predicted octanol–water partition coefficient (Wildman–Crippen LogP) is -3.81. The smallest absolute Gasteiger partial charge is 0.0695 e. The van der Waals surface area contributed by atoms with Gasteiger partial charge in [0.25, 0.3) is 0 Å². The van der Waals surface area contributed by atoms with Crippen molar-refractivity contribution in [3.05, 3.63) is 15.3 Å². The van der Waals surface area contributed by atoms with E-state index in [-0.39, 0.29) is 0 Å². The van der Waals surface area contributed by atoms with Gasteiger partial charge in [-0.05, 0) is 0 Å². The molecule has 8 heavy (non-hydrogen) atoms. The standard InChI is InChI=1S/ClO3.NO3/c2*2-1(3)4/q2*-1. The molecule has 0 heterocycles. The summed E-state index contributed by atoms with van der Waals surface area (Å²) in [7, 11) is -2.85. The molecule has 0 saturated carbocycles. The van der Waals surface area contributed by atoms with Crippen LogP contribution in [-0.4, -0.2) is 5.09 Å². The third-order valence-electron chi connectivity index (χ3n) is 0. The average molecular weight is 145 g/mol. The van der Waals surface area contributed by atoms with Crippen LogP contribution in [0.3, 0.4) is 0 Å². The Balaban J connectivity index is 0. The van der Waals surface area contributed by atoms with Gasteiger partial charge in [-0.3, -0.25) is 0 Å². The molecule has 0 radical (unpaired) electrons. The lowest BCUT2D eigenvalue weighted by atomic mass is 13.1. The molecule has 0 atom stereocenters. The lowest BCUT2D eigenvalue weighted by Crippen LogP contribution is -2.42. The minimum Gasteiger partial charge on any atom is -0.357 e. The molecule has 0 aliphatic carbocycles. The van der Waals surface area contributed by atoms with E-state index < -0.39 is 15.9 Å². The minimum absolute atomic E-state index is 1.75. The van der Waals surface area contributed by atoms with E-state index >= 15 is 0 Å². The molecule has 0 aromatic carbocycles. The summed E-state index contributed by atoms with van der Waals surface area (Å²) >= 11 is 0. The Bertz CT molecular complexity index is 52.8. The SMILES string of the molecule is O=[N+]([O-])[O-].[O-][Cl+2]([O-])[O-]. The quantitative estimate of drug-likeness (QED) is 0.253. The van der Waals surface area contributed by atoms with E-state index in [1.165, 1.54) is 0 Å². The molecule has 7 nitrogen and oxygen atoms in total. The van der Waals surface area contributed by atoms with E-state index in [9.17, 15) is 0 Å². The van der Waals surface area contributed by atoms with Gasteiger partial charge in [0.15, 0.2) is 0 Å². The van der Waals surface area contributed by atoms with Gasteiger partial charge in [-0.1, -0.05) is 0 Å². The normalized spacial score (nSPS) is 7.50. The molecular weight excluding hydrogens is 145 g/mol. The molecule has 0 unspecified atom stereocenters. The van der Waals surface area contributed by atoms with Crippen molar-refractivity contribution in [2.24, 2.45) is 0 Å². The molecule has 0 spiro atoms. The van der Waals surface area contributed by atoms with Crippen molar-refractivity contribution in [1.29, 1.82) is 0 Å². The highest BCUT2D eigenvalue weighted by atomic mass is 35.6. The maximum atomic E-state index is 8.41. The van der Waals surface area contributed by atoms with Crippen LogP contribution in [0.15, 0.2) is 0 Å². The summed E-state index contributed by atoms with van der Waals surface area (Å²) in [6.45, 7) is 0. The van der Waals surface area contributed by atoms with E-state index in [1.54, 1.807) is 0 Å². The van der Waals surface area contributed by atoms with E-state index in [2.05, 4.69) is 0 Å². The molecule has 8 heteroatoms. The fourth-order valence-corrected chi connectivity index (χ4v) is 0. The van der Waals surface area contributed by atoms with Gasteiger partial charge in [-0.2, -0.15) is 0 Å². The Kier molecular flexibility index (Phi) is 8.26. The molecule has 50 valence electrons. The minimum atomic E-state index is -2.85. The summed E-state index contributed by atoms with van der Waals surface area (Å²) in [5.41, 5.74) is 0. The summed E-state index contributed by atoms with van der Waals surface area (Å²) in [5.74, 6) is 0. The fraction of sp³-hybridized carbons (Fsp3) is 0. The number of hydrogen-bond acceptors (Lipinski definition) is 6. The first-order chi connectivity index (χ1) is 3.46. The summed E-state index contributed by atoms with van der Waals surface area (Å²) in [6.07, 6.45) is 0. The molecule has 0 fully saturated rings. The van der Waals surface area contributed by atoms with Gasteiger partial charge >= 0.3 is 0 Å². The van der Waals surface area contributed by atoms with Crippen LogP contribution in [0, 0.1) is 26.1 Å². The van der Waals surface area contributed by atoms with Gasteiger partial charge in [-0.25, -0.2) is 0 Å². The first kappa shape index (κ1) is 10.4. The van der Waals surface area contributed by atoms with Gasteiger partial charge in [0.05, 0.1) is 15.9 Å². The first-order valence-electron chi connectivity index (χ1n) is 1.01. The third-order valence-corrected chi connectivity index (χ3v) is 0. The molecular formula is ClNO6-2. The summed E-state index contributed by atoms with van der Waals surface area (Å²) < 4.78 is 25.2. The van der Waals surface area contributed by atoms with Crippen LogP contribution in [-0.2, 0) is 0 Å². The highest BCUT2D eigenvalue weighted by Gasteiger charge is 1.60. The maximum Gasteiger partial charge on any atom is 0.0695 e. The van der Waals surface area contributed by atoms with Crippen molar-refractivity contribution in [1.82, 2.24) is 0 Å². The van der Waals surface area contributed by atoms with Gasteiger partial charge in [0, 0.05) is 0 Å². The predicted molar refractivity (Wildman–Crippen MR) is 10.4 cm³/mol. The van der Waals surface area contributed by atoms with Gasteiger partial charge < -0.3 is 29.3 Å². The Morgan fingerprint density at radius 2 is 1.12 bits per heavy atom. The number of rotatable bonds is 0. The van der Waals surface area contributed by atoms with Crippen molar-refractivity contribution in [2.45, 2.75) is 0 Å². The summed E-state index contributed by atoms with van der Waals surface area (Å²) in [5, 5.41) is 14.8. The van der Waals surface area contributed by atoms with Crippen molar-refractivity contribution in [3.8, 4) is 0 Å². The Morgan fingerprint density at radius 1 is 1.12 bits per heavy atom. The van der Waals surface area contributed by atoms with E-state index in [1.807, 2.05) is 0 Å². The second-order valence-corrected chi connectivity index (χ2v) is 0.791. The molecule has 0 saturated heterocycles. The fourth-order valence-electron chi connectivity index (χ4n) is 0. The molecule has 0 aliphatic heterocycles. The molecule has 0 aliphatic rings. The van der Waals surface area contributed by atoms with Crippen LogP contribution >= 0.6 is 0 Å². The van der Waals surface area contributed by atoms with Crippen LogP contribution in [0.25, 0.3) is 0 Å². The van der Waals surface area contributed by atoms with Gasteiger partial charge in [0.2, 0.25) is 0 Å². The Labute approximate surface area is 46.3 Å². The van der Waals surface area contributed by atoms with E-state index in [0.29, 0.717) is 0 Å². The summed E-state index contributed by atoms with van der Waals surface area (Å²) in [6, 6.07) is 0. The molecule has 0 amide bonds. The zero-order valence-corrected chi connectivity index (χ0v) is 4.03. The van der Waals surface area contributed by atoms with Crippen LogP contribution in [0.5, 0.6) is 0 Å². The number of hydrogen-bond donors (Lipinski definition) is 0.